The van der Waals surface area contributed by atoms with Crippen molar-refractivity contribution in [3.8, 4) is 0 Å². The van der Waals surface area contributed by atoms with Crippen LogP contribution < -0.4 is 10.2 Å². The Morgan fingerprint density at radius 2 is 2.13 bits per heavy atom. The van der Waals surface area contributed by atoms with Crippen LogP contribution in [0, 0.1) is 6.92 Å². The van der Waals surface area contributed by atoms with Gasteiger partial charge in [0.2, 0.25) is 0 Å². The summed E-state index contributed by atoms with van der Waals surface area (Å²) in [5, 5.41) is 3.35. The Morgan fingerprint density at radius 3 is 2.80 bits per heavy atom. The summed E-state index contributed by atoms with van der Waals surface area (Å²) in [7, 11) is 0. The van der Waals surface area contributed by atoms with Crippen LogP contribution in [-0.2, 0) is 0 Å². The van der Waals surface area contributed by atoms with Crippen LogP contribution >= 0.6 is 0 Å². The molecule has 1 saturated heterocycles. The highest BCUT2D eigenvalue weighted by Crippen LogP contribution is 2.24. The van der Waals surface area contributed by atoms with Gasteiger partial charge in [0.25, 0.3) is 0 Å². The largest absolute Gasteiger partial charge is 0.384 e. The molecule has 15 heavy (non-hydrogen) atoms. The number of aryl methyl sites for hydroxylation is 1. The number of hydrogen-bond acceptors (Lipinski definition) is 3. The van der Waals surface area contributed by atoms with E-state index in [4.69, 9.17) is 0 Å². The van der Waals surface area contributed by atoms with E-state index in [9.17, 15) is 0 Å². The van der Waals surface area contributed by atoms with Crippen LogP contribution in [0.25, 0.3) is 0 Å². The molecule has 2 heterocycles. The van der Waals surface area contributed by atoms with Gasteiger partial charge >= 0.3 is 0 Å². The van der Waals surface area contributed by atoms with E-state index in [1.807, 2.05) is 13.1 Å². The molecule has 1 aromatic heterocycles. The summed E-state index contributed by atoms with van der Waals surface area (Å²) in [4.78, 5) is 6.85. The summed E-state index contributed by atoms with van der Waals surface area (Å²) in [6.45, 7) is 7.46. The molecule has 2 rings (SSSR count). The van der Waals surface area contributed by atoms with Gasteiger partial charge in [-0.1, -0.05) is 0 Å². The van der Waals surface area contributed by atoms with Crippen molar-refractivity contribution in [2.24, 2.45) is 0 Å². The zero-order valence-electron chi connectivity index (χ0n) is 9.58. The number of rotatable bonds is 3. The minimum atomic E-state index is 0.950. The van der Waals surface area contributed by atoms with E-state index in [1.165, 1.54) is 37.3 Å². The van der Waals surface area contributed by atoms with Gasteiger partial charge in [0.05, 0.1) is 23.3 Å². The fourth-order valence-corrected chi connectivity index (χ4v) is 2.04. The minimum absolute atomic E-state index is 0.950. The number of aromatic nitrogens is 1. The maximum absolute atomic E-state index is 4.44. The smallest absolute Gasteiger partial charge is 0.0605 e. The molecule has 1 fully saturated rings. The van der Waals surface area contributed by atoms with Crippen LogP contribution in [0.5, 0.6) is 0 Å². The topological polar surface area (TPSA) is 28.2 Å². The Kier molecular flexibility index (Phi) is 3.09. The van der Waals surface area contributed by atoms with Crippen molar-refractivity contribution in [2.75, 3.05) is 29.9 Å². The molecule has 0 aromatic carbocycles. The lowest BCUT2D eigenvalue weighted by Crippen LogP contribution is -2.18. The highest BCUT2D eigenvalue weighted by atomic mass is 15.1. The van der Waals surface area contributed by atoms with Gasteiger partial charge in [0, 0.05) is 19.6 Å². The van der Waals surface area contributed by atoms with Gasteiger partial charge in [-0.15, -0.1) is 0 Å². The molecule has 1 aliphatic rings. The molecule has 3 heteroatoms. The van der Waals surface area contributed by atoms with Crippen LogP contribution in [0.4, 0.5) is 11.4 Å². The lowest BCUT2D eigenvalue weighted by atomic mass is 10.2. The van der Waals surface area contributed by atoms with Crippen LogP contribution in [0.3, 0.4) is 0 Å². The first-order valence-electron chi connectivity index (χ1n) is 5.76. The fourth-order valence-electron chi connectivity index (χ4n) is 2.04. The Labute approximate surface area is 91.5 Å². The standard InChI is InChI=1S/C12H19N3/c1-3-13-12-8-11(9-14-10(12)2)15-6-4-5-7-15/h8-9,13H,3-7H2,1-2H3. The van der Waals surface area contributed by atoms with Crippen molar-refractivity contribution < 1.29 is 0 Å². The van der Waals surface area contributed by atoms with Crippen molar-refractivity contribution in [1.82, 2.24) is 4.98 Å². The molecule has 1 N–H and O–H groups in total. The molecule has 0 bridgehead atoms. The number of hydrogen-bond donors (Lipinski definition) is 1. The number of pyridine rings is 1. The third kappa shape index (κ3) is 2.22. The number of nitrogens with one attached hydrogen (secondary N) is 1. The van der Waals surface area contributed by atoms with Crippen LogP contribution in [0.15, 0.2) is 12.3 Å². The van der Waals surface area contributed by atoms with Crippen molar-refractivity contribution in [2.45, 2.75) is 26.7 Å². The Hall–Kier alpha value is -1.25. The van der Waals surface area contributed by atoms with E-state index in [2.05, 4.69) is 28.2 Å². The Bertz CT molecular complexity index is 330. The van der Waals surface area contributed by atoms with Gasteiger partial charge in [-0.25, -0.2) is 0 Å². The van der Waals surface area contributed by atoms with E-state index >= 15 is 0 Å². The second-order valence-electron chi connectivity index (χ2n) is 4.05. The SMILES string of the molecule is CCNc1cc(N2CCCC2)cnc1C. The number of nitrogens with zero attached hydrogens (tertiary/aromatic N) is 2. The van der Waals surface area contributed by atoms with E-state index in [0.29, 0.717) is 0 Å². The lowest BCUT2D eigenvalue weighted by molar-refractivity contribution is 0.949. The van der Waals surface area contributed by atoms with Gasteiger partial charge in [-0.2, -0.15) is 0 Å². The summed E-state index contributed by atoms with van der Waals surface area (Å²) >= 11 is 0. The van der Waals surface area contributed by atoms with Crippen molar-refractivity contribution in [3.05, 3.63) is 18.0 Å². The second kappa shape index (κ2) is 4.51. The molecular formula is C12H19N3. The quantitative estimate of drug-likeness (QED) is 0.821. The molecule has 0 spiro atoms. The maximum Gasteiger partial charge on any atom is 0.0605 e. The first-order valence-corrected chi connectivity index (χ1v) is 5.76. The molecule has 0 atom stereocenters. The fraction of sp³-hybridized carbons (Fsp3) is 0.583. The van der Waals surface area contributed by atoms with Crippen molar-refractivity contribution in [1.29, 1.82) is 0 Å². The molecule has 0 unspecified atom stereocenters. The zero-order chi connectivity index (χ0) is 10.7. The van der Waals surface area contributed by atoms with Gasteiger partial charge in [0.1, 0.15) is 0 Å². The van der Waals surface area contributed by atoms with E-state index < -0.39 is 0 Å². The highest BCUT2D eigenvalue weighted by molar-refractivity contribution is 5.59. The van der Waals surface area contributed by atoms with E-state index in [0.717, 1.165) is 12.2 Å². The maximum atomic E-state index is 4.44. The third-order valence-corrected chi connectivity index (χ3v) is 2.91. The van der Waals surface area contributed by atoms with Gasteiger partial charge in [0.15, 0.2) is 0 Å². The van der Waals surface area contributed by atoms with E-state index in [-0.39, 0.29) is 0 Å². The summed E-state index contributed by atoms with van der Waals surface area (Å²) < 4.78 is 0. The van der Waals surface area contributed by atoms with Crippen molar-refractivity contribution in [3.63, 3.8) is 0 Å². The monoisotopic (exact) mass is 205 g/mol. The molecule has 0 aliphatic carbocycles. The normalized spacial score (nSPS) is 15.7. The number of anilines is 2. The highest BCUT2D eigenvalue weighted by Gasteiger charge is 2.13. The molecule has 0 amide bonds. The predicted octanol–water partition coefficient (Wildman–Crippen LogP) is 2.42. The molecule has 82 valence electrons. The summed E-state index contributed by atoms with van der Waals surface area (Å²) in [5.74, 6) is 0. The van der Waals surface area contributed by atoms with Crippen molar-refractivity contribution >= 4 is 11.4 Å². The Balaban J connectivity index is 2.21. The van der Waals surface area contributed by atoms with E-state index in [1.54, 1.807) is 0 Å². The summed E-state index contributed by atoms with van der Waals surface area (Å²) in [6, 6.07) is 2.22. The van der Waals surface area contributed by atoms with Crippen LogP contribution in [0.2, 0.25) is 0 Å². The molecule has 0 saturated carbocycles. The Morgan fingerprint density at radius 1 is 1.40 bits per heavy atom. The second-order valence-corrected chi connectivity index (χ2v) is 4.05. The predicted molar refractivity (Wildman–Crippen MR) is 64.6 cm³/mol. The molecular weight excluding hydrogens is 186 g/mol. The van der Waals surface area contributed by atoms with Crippen LogP contribution in [0.1, 0.15) is 25.5 Å². The molecule has 1 aromatic rings. The van der Waals surface area contributed by atoms with Crippen LogP contribution in [-0.4, -0.2) is 24.6 Å². The summed E-state index contributed by atoms with van der Waals surface area (Å²) in [5.41, 5.74) is 3.51. The zero-order valence-corrected chi connectivity index (χ0v) is 9.58. The average molecular weight is 205 g/mol. The first-order chi connectivity index (χ1) is 7.31. The third-order valence-electron chi connectivity index (χ3n) is 2.91. The molecule has 1 aliphatic heterocycles. The van der Waals surface area contributed by atoms with Gasteiger partial charge in [-0.05, 0) is 32.8 Å². The summed E-state index contributed by atoms with van der Waals surface area (Å²) in [6.07, 6.45) is 4.61. The lowest BCUT2D eigenvalue weighted by Gasteiger charge is -2.18. The molecule has 3 nitrogen and oxygen atoms in total. The first kappa shape index (κ1) is 10.3. The average Bonchev–Trinajstić information content (AvgIpc) is 2.75. The minimum Gasteiger partial charge on any atom is -0.384 e. The van der Waals surface area contributed by atoms with Gasteiger partial charge in [-0.3, -0.25) is 4.98 Å². The van der Waals surface area contributed by atoms with Gasteiger partial charge < -0.3 is 10.2 Å². The molecule has 0 radical (unpaired) electrons.